The van der Waals surface area contributed by atoms with E-state index in [2.05, 4.69) is 5.32 Å². The molecule has 1 aliphatic rings. The Kier molecular flexibility index (Phi) is 9.86. The zero-order valence-electron chi connectivity index (χ0n) is 23.2. The molecule has 1 heterocycles. The molecule has 6 nitrogen and oxygen atoms in total. The number of alkyl carbamates (subject to hydrolysis) is 1. The maximum Gasteiger partial charge on any atom is 0.416 e. The molecule has 1 fully saturated rings. The van der Waals surface area contributed by atoms with E-state index >= 15 is 0 Å². The lowest BCUT2D eigenvalue weighted by atomic mass is 9.87. The van der Waals surface area contributed by atoms with Crippen LogP contribution in [-0.4, -0.2) is 40.8 Å². The summed E-state index contributed by atoms with van der Waals surface area (Å²) >= 11 is 0. The predicted molar refractivity (Wildman–Crippen MR) is 139 cm³/mol. The Morgan fingerprint density at radius 3 is 1.95 bits per heavy atom. The first kappa shape index (κ1) is 32.1. The van der Waals surface area contributed by atoms with Gasteiger partial charge in [-0.15, -0.1) is 0 Å². The second-order valence-electron chi connectivity index (χ2n) is 11.1. The Bertz CT molecular complexity index is 1160. The fourth-order valence-corrected chi connectivity index (χ4v) is 4.90. The Labute approximate surface area is 235 Å². The molecule has 0 radical (unpaired) electrons. The van der Waals surface area contributed by atoms with Crippen molar-refractivity contribution in [3.63, 3.8) is 0 Å². The van der Waals surface area contributed by atoms with Gasteiger partial charge in [-0.1, -0.05) is 37.3 Å². The van der Waals surface area contributed by atoms with Crippen molar-refractivity contribution in [2.24, 2.45) is 0 Å². The van der Waals surface area contributed by atoms with Gasteiger partial charge in [0.1, 0.15) is 12.2 Å². The highest BCUT2D eigenvalue weighted by Gasteiger charge is 2.41. The number of halogens is 6. The van der Waals surface area contributed by atoms with Crippen LogP contribution in [0.25, 0.3) is 0 Å². The number of ether oxygens (including phenoxy) is 2. The van der Waals surface area contributed by atoms with Gasteiger partial charge in [-0.3, -0.25) is 0 Å². The summed E-state index contributed by atoms with van der Waals surface area (Å²) < 4.78 is 89.7. The second-order valence-corrected chi connectivity index (χ2v) is 11.1. The smallest absolute Gasteiger partial charge is 0.416 e. The Morgan fingerprint density at radius 2 is 1.44 bits per heavy atom. The van der Waals surface area contributed by atoms with Gasteiger partial charge in [-0.2, -0.15) is 26.3 Å². The standard InChI is InChI=1S/C29H34F6N2O4/c1-5-23-15-22(16-24(13-18-9-7-6-8-10-18)37(23)26(39)41-27(2,3)4)36-25(38)40-17-19-11-20(28(30,31)32)14-21(12-19)29(33,34)35/h6-12,14,22-24H,5,13,15-17H2,1-4H3,(H,36,38). The number of carbonyl (C=O) groups is 2. The molecule has 1 N–H and O–H groups in total. The summed E-state index contributed by atoms with van der Waals surface area (Å²) in [5.41, 5.74) is -3.18. The number of nitrogens with one attached hydrogen (secondary N) is 1. The van der Waals surface area contributed by atoms with Crippen LogP contribution in [0.1, 0.15) is 69.2 Å². The molecular formula is C29H34F6N2O4. The van der Waals surface area contributed by atoms with E-state index < -0.39 is 59.5 Å². The first-order valence-electron chi connectivity index (χ1n) is 13.2. The number of hydrogen-bond acceptors (Lipinski definition) is 4. The maximum absolute atomic E-state index is 13.2. The van der Waals surface area contributed by atoms with Crippen molar-refractivity contribution in [3.8, 4) is 0 Å². The largest absolute Gasteiger partial charge is 0.445 e. The molecule has 2 aromatic rings. The van der Waals surface area contributed by atoms with E-state index in [-0.39, 0.29) is 18.2 Å². The first-order chi connectivity index (χ1) is 19.0. The van der Waals surface area contributed by atoms with E-state index in [1.54, 1.807) is 25.7 Å². The zero-order chi connectivity index (χ0) is 30.6. The van der Waals surface area contributed by atoms with Crippen LogP contribution < -0.4 is 5.32 Å². The van der Waals surface area contributed by atoms with Crippen molar-refractivity contribution in [1.29, 1.82) is 0 Å². The van der Waals surface area contributed by atoms with Crippen LogP contribution in [0.5, 0.6) is 0 Å². The fraction of sp³-hybridized carbons (Fsp3) is 0.517. The quantitative estimate of drug-likeness (QED) is 0.351. The number of likely N-dealkylation sites (tertiary alicyclic amines) is 1. The SMILES string of the molecule is CCC1CC(NC(=O)OCc2cc(C(F)(F)F)cc(C(F)(F)F)c2)CC(Cc2ccccc2)N1C(=O)OC(C)(C)C. The van der Waals surface area contributed by atoms with Crippen LogP contribution in [0.15, 0.2) is 48.5 Å². The maximum atomic E-state index is 13.2. The lowest BCUT2D eigenvalue weighted by molar-refractivity contribution is -0.143. The van der Waals surface area contributed by atoms with Crippen molar-refractivity contribution in [2.45, 2.75) is 96.1 Å². The summed E-state index contributed by atoms with van der Waals surface area (Å²) in [5, 5.41) is 2.68. The molecule has 2 aromatic carbocycles. The van der Waals surface area contributed by atoms with Gasteiger partial charge >= 0.3 is 24.5 Å². The molecule has 226 valence electrons. The minimum Gasteiger partial charge on any atom is -0.445 e. The van der Waals surface area contributed by atoms with Crippen LogP contribution in [0.4, 0.5) is 35.9 Å². The third-order valence-electron chi connectivity index (χ3n) is 6.63. The molecule has 1 aliphatic heterocycles. The summed E-state index contributed by atoms with van der Waals surface area (Å²) in [5.74, 6) is 0. The minimum atomic E-state index is -5.01. The molecule has 3 atom stereocenters. The minimum absolute atomic E-state index is 0.0137. The van der Waals surface area contributed by atoms with E-state index in [4.69, 9.17) is 9.47 Å². The van der Waals surface area contributed by atoms with Crippen molar-refractivity contribution in [3.05, 3.63) is 70.8 Å². The number of carbonyl (C=O) groups excluding carboxylic acids is 2. The molecular weight excluding hydrogens is 554 g/mol. The highest BCUT2D eigenvalue weighted by molar-refractivity contribution is 5.70. The lowest BCUT2D eigenvalue weighted by Crippen LogP contribution is -2.58. The van der Waals surface area contributed by atoms with E-state index in [1.807, 2.05) is 37.3 Å². The molecule has 41 heavy (non-hydrogen) atoms. The Hall–Kier alpha value is -3.44. The summed E-state index contributed by atoms with van der Waals surface area (Å²) in [7, 11) is 0. The molecule has 0 saturated carbocycles. The van der Waals surface area contributed by atoms with Gasteiger partial charge in [0.05, 0.1) is 11.1 Å². The molecule has 0 spiro atoms. The fourth-order valence-electron chi connectivity index (χ4n) is 4.90. The van der Waals surface area contributed by atoms with Gasteiger partial charge in [0.15, 0.2) is 0 Å². The lowest BCUT2D eigenvalue weighted by Gasteiger charge is -2.45. The molecule has 0 aromatic heterocycles. The third kappa shape index (κ3) is 9.29. The van der Waals surface area contributed by atoms with Gasteiger partial charge < -0.3 is 19.7 Å². The van der Waals surface area contributed by atoms with Gasteiger partial charge in [0.25, 0.3) is 0 Å². The van der Waals surface area contributed by atoms with Gasteiger partial charge in [-0.05, 0) is 75.8 Å². The van der Waals surface area contributed by atoms with E-state index in [0.717, 1.165) is 5.56 Å². The van der Waals surface area contributed by atoms with Gasteiger partial charge in [0, 0.05) is 18.1 Å². The van der Waals surface area contributed by atoms with E-state index in [1.165, 1.54) is 0 Å². The third-order valence-corrected chi connectivity index (χ3v) is 6.63. The monoisotopic (exact) mass is 588 g/mol. The number of benzene rings is 2. The topological polar surface area (TPSA) is 67.9 Å². The highest BCUT2D eigenvalue weighted by atomic mass is 19.4. The average Bonchev–Trinajstić information content (AvgIpc) is 2.85. The molecule has 12 heteroatoms. The molecule has 3 unspecified atom stereocenters. The van der Waals surface area contributed by atoms with Crippen LogP contribution in [-0.2, 0) is 34.9 Å². The number of alkyl halides is 6. The van der Waals surface area contributed by atoms with Crippen molar-refractivity contribution < 1.29 is 45.4 Å². The summed E-state index contributed by atoms with van der Waals surface area (Å²) in [4.78, 5) is 27.5. The van der Waals surface area contributed by atoms with Crippen molar-refractivity contribution >= 4 is 12.2 Å². The van der Waals surface area contributed by atoms with Crippen LogP contribution in [0.2, 0.25) is 0 Å². The second kappa shape index (κ2) is 12.6. The number of piperidine rings is 1. The van der Waals surface area contributed by atoms with Crippen LogP contribution >= 0.6 is 0 Å². The highest BCUT2D eigenvalue weighted by Crippen LogP contribution is 2.36. The zero-order valence-corrected chi connectivity index (χ0v) is 23.2. The average molecular weight is 589 g/mol. The number of hydrogen-bond donors (Lipinski definition) is 1. The van der Waals surface area contributed by atoms with Gasteiger partial charge in [-0.25, -0.2) is 9.59 Å². The van der Waals surface area contributed by atoms with Crippen molar-refractivity contribution in [1.82, 2.24) is 10.2 Å². The predicted octanol–water partition coefficient (Wildman–Crippen LogP) is 7.74. The summed E-state index contributed by atoms with van der Waals surface area (Å²) in [6.45, 7) is 6.41. The van der Waals surface area contributed by atoms with E-state index in [0.29, 0.717) is 37.8 Å². The van der Waals surface area contributed by atoms with Gasteiger partial charge in [0.2, 0.25) is 0 Å². The molecule has 2 amide bonds. The van der Waals surface area contributed by atoms with Crippen molar-refractivity contribution in [2.75, 3.05) is 0 Å². The summed E-state index contributed by atoms with van der Waals surface area (Å²) in [6.07, 6.45) is -9.75. The Balaban J connectivity index is 1.75. The molecule has 1 saturated heterocycles. The molecule has 0 bridgehead atoms. The number of amides is 2. The Morgan fingerprint density at radius 1 is 0.878 bits per heavy atom. The normalized spacial score (nSPS) is 20.0. The first-order valence-corrected chi connectivity index (χ1v) is 13.2. The number of rotatable bonds is 6. The number of nitrogens with zero attached hydrogens (tertiary/aromatic N) is 1. The van der Waals surface area contributed by atoms with Crippen LogP contribution in [0, 0.1) is 0 Å². The van der Waals surface area contributed by atoms with E-state index in [9.17, 15) is 35.9 Å². The van der Waals surface area contributed by atoms with Crippen LogP contribution in [0.3, 0.4) is 0 Å². The molecule has 3 rings (SSSR count). The molecule has 0 aliphatic carbocycles. The summed E-state index contributed by atoms with van der Waals surface area (Å²) in [6, 6.07) is 9.39.